The topological polar surface area (TPSA) is 28.7 Å². The Morgan fingerprint density at radius 2 is 2.11 bits per heavy atom. The molecule has 1 aromatic heterocycles. The van der Waals surface area contributed by atoms with Crippen molar-refractivity contribution in [2.24, 2.45) is 0 Å². The quantitative estimate of drug-likeness (QED) is 0.637. The Labute approximate surface area is 107 Å². The number of allylic oxidation sites excluding steroid dienone is 4. The van der Waals surface area contributed by atoms with Gasteiger partial charge in [0.1, 0.15) is 0 Å². The maximum Gasteiger partial charge on any atom is 0.0725 e. The van der Waals surface area contributed by atoms with Gasteiger partial charge in [0.15, 0.2) is 0 Å². The Bertz CT molecular complexity index is 610. The van der Waals surface area contributed by atoms with Crippen LogP contribution in [0.4, 0.5) is 0 Å². The lowest BCUT2D eigenvalue weighted by Crippen LogP contribution is -1.83. The molecule has 0 radical (unpaired) electrons. The minimum absolute atomic E-state index is 1.03. The Hall–Kier alpha value is -2.53. The number of hydrogen-bond donors (Lipinski definition) is 1. The summed E-state index contributed by atoms with van der Waals surface area (Å²) in [5.41, 5.74) is 4.36. The van der Waals surface area contributed by atoms with E-state index >= 15 is 0 Å². The first kappa shape index (κ1) is 11.9. The molecule has 0 unspecified atom stereocenters. The van der Waals surface area contributed by atoms with E-state index in [4.69, 9.17) is 6.42 Å². The minimum atomic E-state index is 1.03. The van der Waals surface area contributed by atoms with E-state index in [9.17, 15) is 0 Å². The van der Waals surface area contributed by atoms with Crippen molar-refractivity contribution in [2.45, 2.75) is 6.92 Å². The van der Waals surface area contributed by atoms with Crippen LogP contribution >= 0.6 is 0 Å². The van der Waals surface area contributed by atoms with Gasteiger partial charge in [-0.2, -0.15) is 5.10 Å². The third kappa shape index (κ3) is 2.58. The fourth-order valence-electron chi connectivity index (χ4n) is 1.75. The third-order valence-electron chi connectivity index (χ3n) is 2.67. The zero-order valence-corrected chi connectivity index (χ0v) is 10.2. The number of hydrogen-bond acceptors (Lipinski definition) is 1. The van der Waals surface area contributed by atoms with Crippen molar-refractivity contribution in [1.82, 2.24) is 10.2 Å². The van der Waals surface area contributed by atoms with E-state index in [-0.39, 0.29) is 0 Å². The van der Waals surface area contributed by atoms with Crippen molar-refractivity contribution in [3.63, 3.8) is 0 Å². The summed E-state index contributed by atoms with van der Waals surface area (Å²) in [6.07, 6.45) is 12.5. The van der Waals surface area contributed by atoms with Gasteiger partial charge in [-0.15, -0.1) is 6.42 Å². The number of nitrogens with one attached hydrogen (secondary N) is 1. The lowest BCUT2D eigenvalue weighted by Gasteiger charge is -2.02. The fourth-order valence-corrected chi connectivity index (χ4v) is 1.75. The van der Waals surface area contributed by atoms with Gasteiger partial charge >= 0.3 is 0 Å². The summed E-state index contributed by atoms with van der Waals surface area (Å²) in [4.78, 5) is 0. The van der Waals surface area contributed by atoms with Crippen LogP contribution in [0, 0.1) is 12.3 Å². The van der Waals surface area contributed by atoms with Crippen LogP contribution in [0.3, 0.4) is 0 Å². The lowest BCUT2D eigenvalue weighted by atomic mass is 10.0. The van der Waals surface area contributed by atoms with E-state index in [0.29, 0.717) is 0 Å². The molecule has 0 saturated heterocycles. The summed E-state index contributed by atoms with van der Waals surface area (Å²) in [6.45, 7) is 2.04. The van der Waals surface area contributed by atoms with Crippen LogP contribution in [0.15, 0.2) is 54.8 Å². The fraction of sp³-hybridized carbons (Fsp3) is 0.0625. The van der Waals surface area contributed by atoms with Gasteiger partial charge in [0.2, 0.25) is 0 Å². The average Bonchev–Trinajstić information content (AvgIpc) is 2.89. The highest BCUT2D eigenvalue weighted by atomic mass is 15.1. The van der Waals surface area contributed by atoms with Crippen molar-refractivity contribution in [2.75, 3.05) is 0 Å². The van der Waals surface area contributed by atoms with Crippen LogP contribution in [-0.2, 0) is 0 Å². The van der Waals surface area contributed by atoms with E-state index in [1.807, 2.05) is 43.5 Å². The second-order valence-corrected chi connectivity index (χ2v) is 3.90. The largest absolute Gasteiger partial charge is 0.277 e. The summed E-state index contributed by atoms with van der Waals surface area (Å²) in [6, 6.07) is 10.1. The SMILES string of the molecule is C#C/C=C\C=C(/C)c1cn[nH]c1-c1ccccc1. The van der Waals surface area contributed by atoms with Gasteiger partial charge in [-0.1, -0.05) is 48.4 Å². The van der Waals surface area contributed by atoms with Crippen molar-refractivity contribution in [1.29, 1.82) is 0 Å². The number of rotatable bonds is 3. The molecular formula is C16H14N2. The first-order valence-corrected chi connectivity index (χ1v) is 5.71. The van der Waals surface area contributed by atoms with E-state index in [0.717, 1.165) is 22.4 Å². The third-order valence-corrected chi connectivity index (χ3v) is 2.67. The highest BCUT2D eigenvalue weighted by Gasteiger charge is 2.07. The normalized spacial score (nSPS) is 11.7. The van der Waals surface area contributed by atoms with Gasteiger partial charge in [0.05, 0.1) is 11.9 Å². The zero-order chi connectivity index (χ0) is 12.8. The van der Waals surface area contributed by atoms with Crippen molar-refractivity contribution in [3.8, 4) is 23.6 Å². The Kier molecular flexibility index (Phi) is 3.78. The molecule has 2 rings (SSSR count). The summed E-state index contributed by atoms with van der Waals surface area (Å²) >= 11 is 0. The van der Waals surface area contributed by atoms with E-state index < -0.39 is 0 Å². The molecule has 0 atom stereocenters. The summed E-state index contributed by atoms with van der Waals surface area (Å²) in [5, 5.41) is 7.16. The average molecular weight is 234 g/mol. The van der Waals surface area contributed by atoms with Crippen molar-refractivity contribution in [3.05, 3.63) is 60.3 Å². The lowest BCUT2D eigenvalue weighted by molar-refractivity contribution is 1.10. The predicted octanol–water partition coefficient (Wildman–Crippen LogP) is 3.67. The standard InChI is InChI=1S/C16H14N2/c1-3-4-6-9-13(2)15-12-17-18-16(15)14-10-7-5-8-11-14/h1,4-12H,2H3,(H,17,18)/b6-4-,13-9+. The van der Waals surface area contributed by atoms with Crippen LogP contribution in [0.25, 0.3) is 16.8 Å². The molecule has 0 aliphatic heterocycles. The first-order valence-electron chi connectivity index (χ1n) is 5.71. The van der Waals surface area contributed by atoms with Crippen LogP contribution in [0.5, 0.6) is 0 Å². The first-order chi connectivity index (χ1) is 8.83. The molecule has 1 heterocycles. The molecule has 18 heavy (non-hydrogen) atoms. The molecule has 0 amide bonds. The number of aromatic amines is 1. The minimum Gasteiger partial charge on any atom is -0.277 e. The van der Waals surface area contributed by atoms with Crippen molar-refractivity contribution < 1.29 is 0 Å². The maximum atomic E-state index is 5.17. The molecule has 0 aliphatic rings. The highest BCUT2D eigenvalue weighted by molar-refractivity contribution is 5.78. The smallest absolute Gasteiger partial charge is 0.0725 e. The molecule has 0 aliphatic carbocycles. The molecule has 2 heteroatoms. The Morgan fingerprint density at radius 1 is 1.33 bits per heavy atom. The molecular weight excluding hydrogens is 220 g/mol. The molecule has 0 fully saturated rings. The molecule has 1 N–H and O–H groups in total. The number of benzene rings is 1. The van der Waals surface area contributed by atoms with Gasteiger partial charge < -0.3 is 0 Å². The maximum absolute atomic E-state index is 5.17. The van der Waals surface area contributed by atoms with Crippen LogP contribution < -0.4 is 0 Å². The molecule has 2 aromatic rings. The molecule has 88 valence electrons. The number of terminal acetylenes is 1. The van der Waals surface area contributed by atoms with E-state index in [1.165, 1.54) is 0 Å². The highest BCUT2D eigenvalue weighted by Crippen LogP contribution is 2.26. The van der Waals surface area contributed by atoms with Gasteiger partial charge in [-0.3, -0.25) is 5.10 Å². The molecule has 0 saturated carbocycles. The van der Waals surface area contributed by atoms with Crippen LogP contribution in [0.2, 0.25) is 0 Å². The zero-order valence-electron chi connectivity index (χ0n) is 10.2. The van der Waals surface area contributed by atoms with Gasteiger partial charge in [0, 0.05) is 11.1 Å². The van der Waals surface area contributed by atoms with E-state index in [1.54, 1.807) is 6.08 Å². The summed E-state index contributed by atoms with van der Waals surface area (Å²) in [5.74, 6) is 2.47. The second-order valence-electron chi connectivity index (χ2n) is 3.90. The number of aromatic nitrogens is 2. The second kappa shape index (κ2) is 5.70. The number of H-pyrrole nitrogens is 1. The van der Waals surface area contributed by atoms with Crippen molar-refractivity contribution >= 4 is 5.57 Å². The van der Waals surface area contributed by atoms with Gasteiger partial charge in [-0.25, -0.2) is 0 Å². The summed E-state index contributed by atoms with van der Waals surface area (Å²) < 4.78 is 0. The number of nitrogens with zero attached hydrogens (tertiary/aromatic N) is 1. The molecule has 2 nitrogen and oxygen atoms in total. The summed E-state index contributed by atoms with van der Waals surface area (Å²) in [7, 11) is 0. The molecule has 0 spiro atoms. The monoisotopic (exact) mass is 234 g/mol. The predicted molar refractivity (Wildman–Crippen MR) is 75.6 cm³/mol. The van der Waals surface area contributed by atoms with Gasteiger partial charge in [0.25, 0.3) is 0 Å². The molecule has 1 aromatic carbocycles. The van der Waals surface area contributed by atoms with Gasteiger partial charge in [-0.05, 0) is 18.6 Å². The van der Waals surface area contributed by atoms with Crippen LogP contribution in [-0.4, -0.2) is 10.2 Å². The molecule has 0 bridgehead atoms. The Morgan fingerprint density at radius 3 is 2.83 bits per heavy atom. The van der Waals surface area contributed by atoms with Crippen LogP contribution in [0.1, 0.15) is 12.5 Å². The van der Waals surface area contributed by atoms with E-state index in [2.05, 4.69) is 28.3 Å². The Balaban J connectivity index is 2.38.